The van der Waals surface area contributed by atoms with Crippen LogP contribution in [0.3, 0.4) is 0 Å². The van der Waals surface area contributed by atoms with Crippen molar-refractivity contribution >= 4 is 11.8 Å². The van der Waals surface area contributed by atoms with Gasteiger partial charge in [0, 0.05) is 12.1 Å². The second kappa shape index (κ2) is 8.99. The van der Waals surface area contributed by atoms with Gasteiger partial charge in [0.15, 0.2) is 0 Å². The number of aliphatic hydroxyl groups excluding tert-OH is 1. The van der Waals surface area contributed by atoms with Gasteiger partial charge in [-0.1, -0.05) is 48.0 Å². The number of hydrogen-bond donors (Lipinski definition) is 3. The third kappa shape index (κ3) is 6.04. The molecule has 2 aromatic rings. The molecule has 0 saturated carbocycles. The predicted octanol–water partition coefficient (Wildman–Crippen LogP) is 2.35. The number of amides is 2. The molecule has 0 aliphatic heterocycles. The van der Waals surface area contributed by atoms with Crippen LogP contribution >= 0.6 is 0 Å². The number of aliphatic hydroxyl groups is 1. The lowest BCUT2D eigenvalue weighted by atomic mass is 10.0. The molecule has 0 aliphatic carbocycles. The number of carbonyl (C=O) groups excluding carboxylic acids is 2. The zero-order chi connectivity index (χ0) is 18.2. The van der Waals surface area contributed by atoms with E-state index in [2.05, 4.69) is 10.6 Å². The highest BCUT2D eigenvalue weighted by Gasteiger charge is 2.19. The molecule has 2 aromatic carbocycles. The van der Waals surface area contributed by atoms with Crippen LogP contribution in [-0.4, -0.2) is 29.6 Å². The lowest BCUT2D eigenvalue weighted by molar-refractivity contribution is -0.122. The summed E-state index contributed by atoms with van der Waals surface area (Å²) < 4.78 is 0. The lowest BCUT2D eigenvalue weighted by Crippen LogP contribution is -2.36. The fraction of sp³-hybridized carbons (Fsp3) is 0.300. The first-order valence-corrected chi connectivity index (χ1v) is 8.33. The van der Waals surface area contributed by atoms with E-state index in [1.165, 1.54) is 0 Å². The van der Waals surface area contributed by atoms with E-state index in [4.69, 9.17) is 0 Å². The molecule has 0 bridgehead atoms. The van der Waals surface area contributed by atoms with Crippen molar-refractivity contribution in [2.75, 3.05) is 6.54 Å². The van der Waals surface area contributed by atoms with Gasteiger partial charge in [-0.05, 0) is 31.5 Å². The minimum atomic E-state index is -0.610. The summed E-state index contributed by atoms with van der Waals surface area (Å²) in [5, 5.41) is 14.9. The van der Waals surface area contributed by atoms with Crippen LogP contribution in [0.1, 0.15) is 40.9 Å². The van der Waals surface area contributed by atoms with Gasteiger partial charge >= 0.3 is 0 Å². The van der Waals surface area contributed by atoms with E-state index in [1.54, 1.807) is 19.1 Å². The summed E-state index contributed by atoms with van der Waals surface area (Å²) in [7, 11) is 0. The van der Waals surface area contributed by atoms with Gasteiger partial charge < -0.3 is 15.7 Å². The zero-order valence-electron chi connectivity index (χ0n) is 14.5. The van der Waals surface area contributed by atoms with Crippen molar-refractivity contribution in [2.24, 2.45) is 0 Å². The molecule has 5 heteroatoms. The molecule has 2 atom stereocenters. The molecule has 2 rings (SSSR count). The minimum absolute atomic E-state index is 0.105. The van der Waals surface area contributed by atoms with E-state index in [9.17, 15) is 14.7 Å². The number of aryl methyl sites for hydroxylation is 1. The maximum atomic E-state index is 12.5. The lowest BCUT2D eigenvalue weighted by Gasteiger charge is -2.19. The summed E-state index contributed by atoms with van der Waals surface area (Å²) in [6.07, 6.45) is -0.504. The van der Waals surface area contributed by atoms with Gasteiger partial charge in [-0.25, -0.2) is 0 Å². The van der Waals surface area contributed by atoms with Crippen molar-refractivity contribution in [3.05, 3.63) is 71.3 Å². The van der Waals surface area contributed by atoms with E-state index >= 15 is 0 Å². The standard InChI is InChI=1S/C20H24N2O3/c1-14-8-10-17(11-9-14)20(25)22-18(16-6-4-3-5-7-16)12-19(24)21-13-15(2)23/h3-11,15,18,23H,12-13H2,1-2H3,(H,21,24)(H,22,25). The molecule has 0 saturated heterocycles. The van der Waals surface area contributed by atoms with Gasteiger partial charge in [0.05, 0.1) is 18.6 Å². The molecule has 5 nitrogen and oxygen atoms in total. The van der Waals surface area contributed by atoms with Crippen molar-refractivity contribution in [2.45, 2.75) is 32.4 Å². The topological polar surface area (TPSA) is 78.4 Å². The van der Waals surface area contributed by atoms with Crippen LogP contribution in [0.5, 0.6) is 0 Å². The molecular formula is C20H24N2O3. The molecule has 3 N–H and O–H groups in total. The Labute approximate surface area is 148 Å². The minimum Gasteiger partial charge on any atom is -0.392 e. The Morgan fingerprint density at radius 2 is 1.68 bits per heavy atom. The Kier molecular flexibility index (Phi) is 6.71. The quantitative estimate of drug-likeness (QED) is 0.724. The van der Waals surface area contributed by atoms with Crippen LogP contribution in [0.2, 0.25) is 0 Å². The summed E-state index contributed by atoms with van der Waals surface area (Å²) in [6.45, 7) is 3.75. The molecule has 0 heterocycles. The van der Waals surface area contributed by atoms with E-state index in [-0.39, 0.29) is 24.8 Å². The van der Waals surface area contributed by atoms with Gasteiger partial charge in [-0.15, -0.1) is 0 Å². The molecule has 132 valence electrons. The first kappa shape index (κ1) is 18.7. The van der Waals surface area contributed by atoms with Crippen molar-refractivity contribution < 1.29 is 14.7 Å². The van der Waals surface area contributed by atoms with E-state index in [1.807, 2.05) is 49.4 Å². The highest BCUT2D eigenvalue weighted by Crippen LogP contribution is 2.17. The van der Waals surface area contributed by atoms with Crippen molar-refractivity contribution in [3.8, 4) is 0 Å². The van der Waals surface area contributed by atoms with Gasteiger partial charge in [0.1, 0.15) is 0 Å². The van der Waals surface area contributed by atoms with Crippen LogP contribution < -0.4 is 10.6 Å². The molecule has 0 radical (unpaired) electrons. The average molecular weight is 340 g/mol. The third-order valence-corrected chi connectivity index (χ3v) is 3.81. The Bertz CT molecular complexity index is 697. The van der Waals surface area contributed by atoms with Crippen molar-refractivity contribution in [1.29, 1.82) is 0 Å². The second-order valence-electron chi connectivity index (χ2n) is 6.16. The van der Waals surface area contributed by atoms with Crippen molar-refractivity contribution in [3.63, 3.8) is 0 Å². The molecular weight excluding hydrogens is 316 g/mol. The van der Waals surface area contributed by atoms with Crippen LogP contribution in [0, 0.1) is 6.92 Å². The van der Waals surface area contributed by atoms with E-state index in [0.717, 1.165) is 11.1 Å². The summed E-state index contributed by atoms with van der Waals surface area (Å²) >= 11 is 0. The maximum Gasteiger partial charge on any atom is 0.251 e. The van der Waals surface area contributed by atoms with Gasteiger partial charge in [-0.3, -0.25) is 9.59 Å². The first-order valence-electron chi connectivity index (χ1n) is 8.33. The van der Waals surface area contributed by atoms with Crippen LogP contribution in [0.4, 0.5) is 0 Å². The van der Waals surface area contributed by atoms with E-state index in [0.29, 0.717) is 5.56 Å². The number of carbonyl (C=O) groups is 2. The van der Waals surface area contributed by atoms with Crippen LogP contribution in [0.25, 0.3) is 0 Å². The predicted molar refractivity (Wildman–Crippen MR) is 97.1 cm³/mol. The Balaban J connectivity index is 2.10. The summed E-state index contributed by atoms with van der Waals surface area (Å²) in [5.74, 6) is -0.448. The van der Waals surface area contributed by atoms with Crippen LogP contribution in [0.15, 0.2) is 54.6 Å². The number of rotatable bonds is 7. The molecule has 2 unspecified atom stereocenters. The van der Waals surface area contributed by atoms with Gasteiger partial charge in [0.2, 0.25) is 5.91 Å². The van der Waals surface area contributed by atoms with E-state index < -0.39 is 12.1 Å². The maximum absolute atomic E-state index is 12.5. The summed E-state index contributed by atoms with van der Waals surface area (Å²) in [6, 6.07) is 16.2. The molecule has 0 fully saturated rings. The highest BCUT2D eigenvalue weighted by molar-refractivity contribution is 5.94. The third-order valence-electron chi connectivity index (χ3n) is 3.81. The Morgan fingerprint density at radius 1 is 1.04 bits per heavy atom. The number of nitrogens with one attached hydrogen (secondary N) is 2. The smallest absolute Gasteiger partial charge is 0.251 e. The largest absolute Gasteiger partial charge is 0.392 e. The summed E-state index contributed by atoms with van der Waals surface area (Å²) in [5.41, 5.74) is 2.49. The van der Waals surface area contributed by atoms with Gasteiger partial charge in [0.25, 0.3) is 5.91 Å². The molecule has 2 amide bonds. The normalized spacial score (nSPS) is 12.9. The van der Waals surface area contributed by atoms with Crippen molar-refractivity contribution in [1.82, 2.24) is 10.6 Å². The second-order valence-corrected chi connectivity index (χ2v) is 6.16. The molecule has 25 heavy (non-hydrogen) atoms. The fourth-order valence-electron chi connectivity index (χ4n) is 2.40. The molecule has 0 aliphatic rings. The van der Waals surface area contributed by atoms with Crippen LogP contribution in [-0.2, 0) is 4.79 Å². The zero-order valence-corrected chi connectivity index (χ0v) is 14.5. The first-order chi connectivity index (χ1) is 12.0. The fourth-order valence-corrected chi connectivity index (χ4v) is 2.40. The SMILES string of the molecule is Cc1ccc(C(=O)NC(CC(=O)NCC(C)O)c2ccccc2)cc1. The van der Waals surface area contributed by atoms with Gasteiger partial charge in [-0.2, -0.15) is 0 Å². The summed E-state index contributed by atoms with van der Waals surface area (Å²) in [4.78, 5) is 24.6. The molecule has 0 aromatic heterocycles. The average Bonchev–Trinajstić information content (AvgIpc) is 2.60. The highest BCUT2D eigenvalue weighted by atomic mass is 16.3. The number of benzene rings is 2. The number of hydrogen-bond acceptors (Lipinski definition) is 3. The Hall–Kier alpha value is -2.66. The Morgan fingerprint density at radius 3 is 2.28 bits per heavy atom. The molecule has 0 spiro atoms. The monoisotopic (exact) mass is 340 g/mol.